The van der Waals surface area contributed by atoms with Crippen LogP contribution < -0.4 is 0 Å². The molecule has 0 saturated heterocycles. The lowest BCUT2D eigenvalue weighted by atomic mass is 10.1. The van der Waals surface area contributed by atoms with Crippen LogP contribution in [-0.4, -0.2) is 65.7 Å². The van der Waals surface area contributed by atoms with Gasteiger partial charge in [0.1, 0.15) is 12.7 Å². The van der Waals surface area contributed by atoms with Crippen LogP contribution in [0.5, 0.6) is 0 Å². The SMILES string of the molecule is CC/C=C/C/C=C/C/C=C/C/C=C/C/C=C/CCCC(=O)OCC(COP(=O)(O)OC[C@@H](O)CO)OC(=O)CC/C=C/C/C=C/CCCCCCCC. The third-order valence-electron chi connectivity index (χ3n) is 7.55. The number of unbranched alkanes of at least 4 members (excludes halogenated alkanes) is 7. The number of phosphoric acid groups is 1. The topological polar surface area (TPSA) is 149 Å². The van der Waals surface area contributed by atoms with Crippen molar-refractivity contribution >= 4 is 19.8 Å². The highest BCUT2D eigenvalue weighted by Gasteiger charge is 2.27. The molecule has 0 aliphatic heterocycles. The molecule has 10 nitrogen and oxygen atoms in total. The molecule has 3 N–H and O–H groups in total. The van der Waals surface area contributed by atoms with Gasteiger partial charge in [-0.15, -0.1) is 0 Å². The number of hydrogen-bond donors (Lipinski definition) is 3. The maximum Gasteiger partial charge on any atom is 0.472 e. The predicted molar refractivity (Wildman–Crippen MR) is 214 cm³/mol. The molecule has 11 heteroatoms. The van der Waals surface area contributed by atoms with Crippen LogP contribution in [0.15, 0.2) is 85.1 Å². The van der Waals surface area contributed by atoms with Gasteiger partial charge in [-0.2, -0.15) is 0 Å². The van der Waals surface area contributed by atoms with E-state index in [2.05, 4.69) is 79.1 Å². The Morgan fingerprint density at radius 2 is 1.08 bits per heavy atom. The number of esters is 2. The maximum absolute atomic E-state index is 12.5. The predicted octanol–water partition coefficient (Wildman–Crippen LogP) is 9.88. The van der Waals surface area contributed by atoms with Crippen LogP contribution in [0.1, 0.15) is 129 Å². The smallest absolute Gasteiger partial charge is 0.462 e. The molecular weight excluding hydrogens is 695 g/mol. The Morgan fingerprint density at radius 1 is 0.585 bits per heavy atom. The molecule has 0 rings (SSSR count). The van der Waals surface area contributed by atoms with Crippen LogP contribution in [0.4, 0.5) is 0 Å². The van der Waals surface area contributed by atoms with E-state index in [-0.39, 0.29) is 19.4 Å². The summed E-state index contributed by atoms with van der Waals surface area (Å²) in [5, 5.41) is 18.3. The van der Waals surface area contributed by atoms with E-state index in [9.17, 15) is 24.2 Å². The van der Waals surface area contributed by atoms with E-state index in [0.717, 1.165) is 44.9 Å². The standard InChI is InChI=1S/C42H69O10P/c1-3-5-7-9-11-13-15-17-18-19-20-22-23-25-27-29-31-33-41(45)49-37-40(38-51-53(47,48)50-36-39(44)35-43)52-42(46)34-32-30-28-26-24-21-16-14-12-10-8-6-4-2/h5,7,11,13,17-18,20-22,24-25,27-28,30,39-40,43-44H,3-4,6,8-10,12,14-16,19,23,26,29,31-38H2,1-2H3,(H,47,48)/b7-5+,13-11+,18-17+,22-20+,24-21+,27-25+,30-28+/t39-,40?/m0/s1. The Hall–Kier alpha value is -2.85. The van der Waals surface area contributed by atoms with Gasteiger partial charge in [-0.25, -0.2) is 4.57 Å². The molecule has 0 aromatic carbocycles. The molecule has 3 atom stereocenters. The largest absolute Gasteiger partial charge is 0.472 e. The number of carbonyl (C=O) groups excluding carboxylic acids is 2. The first-order chi connectivity index (χ1) is 25.7. The maximum atomic E-state index is 12.5. The summed E-state index contributed by atoms with van der Waals surface area (Å²) in [6.45, 7) is 2.09. The summed E-state index contributed by atoms with van der Waals surface area (Å²) < 4.78 is 32.5. The van der Waals surface area contributed by atoms with E-state index in [0.29, 0.717) is 19.3 Å². The van der Waals surface area contributed by atoms with Gasteiger partial charge < -0.3 is 24.6 Å². The monoisotopic (exact) mass is 764 g/mol. The highest BCUT2D eigenvalue weighted by Crippen LogP contribution is 2.43. The van der Waals surface area contributed by atoms with Crippen molar-refractivity contribution in [2.45, 2.75) is 142 Å². The van der Waals surface area contributed by atoms with E-state index >= 15 is 0 Å². The summed E-state index contributed by atoms with van der Waals surface area (Å²) in [5.74, 6) is -1.08. The fraction of sp³-hybridized carbons (Fsp3) is 0.619. The Morgan fingerprint density at radius 3 is 1.64 bits per heavy atom. The van der Waals surface area contributed by atoms with Crippen LogP contribution in [0.25, 0.3) is 0 Å². The van der Waals surface area contributed by atoms with Gasteiger partial charge in [-0.3, -0.25) is 18.6 Å². The van der Waals surface area contributed by atoms with Gasteiger partial charge in [0.25, 0.3) is 0 Å². The minimum atomic E-state index is -4.64. The van der Waals surface area contributed by atoms with E-state index in [1.165, 1.54) is 38.5 Å². The molecule has 0 aliphatic carbocycles. The molecule has 0 spiro atoms. The van der Waals surface area contributed by atoms with Crippen molar-refractivity contribution in [3.05, 3.63) is 85.1 Å². The van der Waals surface area contributed by atoms with Crippen molar-refractivity contribution in [1.29, 1.82) is 0 Å². The van der Waals surface area contributed by atoms with Crippen LogP contribution in [-0.2, 0) is 32.7 Å². The third kappa shape index (κ3) is 37.3. The van der Waals surface area contributed by atoms with Gasteiger partial charge in [-0.05, 0) is 70.6 Å². The third-order valence-corrected chi connectivity index (χ3v) is 8.50. The molecule has 0 aromatic heterocycles. The summed E-state index contributed by atoms with van der Waals surface area (Å²) in [4.78, 5) is 34.8. The van der Waals surface area contributed by atoms with Crippen LogP contribution >= 0.6 is 7.82 Å². The van der Waals surface area contributed by atoms with E-state index in [1.807, 2.05) is 24.3 Å². The first kappa shape index (κ1) is 50.1. The fourth-order valence-corrected chi connectivity index (χ4v) is 5.34. The second-order valence-corrected chi connectivity index (χ2v) is 14.0. The Bertz CT molecular complexity index is 1150. The number of aliphatic hydroxyl groups excluding tert-OH is 2. The van der Waals surface area contributed by atoms with Gasteiger partial charge in [0.2, 0.25) is 0 Å². The van der Waals surface area contributed by atoms with Crippen molar-refractivity contribution in [2.75, 3.05) is 26.4 Å². The van der Waals surface area contributed by atoms with E-state index in [1.54, 1.807) is 0 Å². The number of carbonyl (C=O) groups is 2. The minimum absolute atomic E-state index is 0.0612. The summed E-state index contributed by atoms with van der Waals surface area (Å²) in [7, 11) is -4.64. The number of allylic oxidation sites excluding steroid dienone is 14. The number of aliphatic hydroxyl groups is 2. The molecule has 0 fully saturated rings. The summed E-state index contributed by atoms with van der Waals surface area (Å²) in [5.41, 5.74) is 0. The minimum Gasteiger partial charge on any atom is -0.462 e. The van der Waals surface area contributed by atoms with Gasteiger partial charge in [0.15, 0.2) is 6.10 Å². The van der Waals surface area contributed by atoms with E-state index < -0.39 is 51.8 Å². The summed E-state index contributed by atoms with van der Waals surface area (Å²) >= 11 is 0. The van der Waals surface area contributed by atoms with Crippen molar-refractivity contribution < 1.29 is 47.8 Å². The van der Waals surface area contributed by atoms with Gasteiger partial charge in [-0.1, -0.05) is 131 Å². The lowest BCUT2D eigenvalue weighted by Gasteiger charge is -2.20. The lowest BCUT2D eigenvalue weighted by Crippen LogP contribution is -2.29. The number of phosphoric ester groups is 1. The summed E-state index contributed by atoms with van der Waals surface area (Å²) in [6, 6.07) is 0. The summed E-state index contributed by atoms with van der Waals surface area (Å²) in [6.07, 6.45) is 42.9. The lowest BCUT2D eigenvalue weighted by molar-refractivity contribution is -0.161. The second kappa shape index (κ2) is 37.5. The molecule has 0 bridgehead atoms. The fourth-order valence-electron chi connectivity index (χ4n) is 4.55. The van der Waals surface area contributed by atoms with Gasteiger partial charge in [0, 0.05) is 12.8 Å². The molecule has 0 amide bonds. The molecule has 0 aromatic rings. The Balaban J connectivity index is 4.54. The quantitative estimate of drug-likeness (QED) is 0.0246. The molecule has 0 heterocycles. The molecule has 0 aliphatic rings. The second-order valence-electron chi connectivity index (χ2n) is 12.6. The number of ether oxygens (including phenoxy) is 2. The van der Waals surface area contributed by atoms with Gasteiger partial charge >= 0.3 is 19.8 Å². The van der Waals surface area contributed by atoms with Crippen molar-refractivity contribution in [3.63, 3.8) is 0 Å². The zero-order valence-corrected chi connectivity index (χ0v) is 33.3. The van der Waals surface area contributed by atoms with Crippen LogP contribution in [0, 0.1) is 0 Å². The molecule has 53 heavy (non-hydrogen) atoms. The first-order valence-electron chi connectivity index (χ1n) is 19.5. The average molecular weight is 765 g/mol. The highest BCUT2D eigenvalue weighted by molar-refractivity contribution is 7.47. The molecule has 0 saturated carbocycles. The van der Waals surface area contributed by atoms with Crippen LogP contribution in [0.2, 0.25) is 0 Å². The molecule has 2 unspecified atom stereocenters. The van der Waals surface area contributed by atoms with Crippen LogP contribution in [0.3, 0.4) is 0 Å². The molecular formula is C42H69O10P. The van der Waals surface area contributed by atoms with Crippen molar-refractivity contribution in [3.8, 4) is 0 Å². The number of rotatable bonds is 35. The van der Waals surface area contributed by atoms with Crippen molar-refractivity contribution in [2.24, 2.45) is 0 Å². The van der Waals surface area contributed by atoms with Gasteiger partial charge in [0.05, 0.1) is 19.8 Å². The number of hydrogen-bond acceptors (Lipinski definition) is 9. The highest BCUT2D eigenvalue weighted by atomic mass is 31.2. The average Bonchev–Trinajstić information content (AvgIpc) is 3.14. The molecule has 302 valence electrons. The normalized spacial score (nSPS) is 14.9. The zero-order chi connectivity index (χ0) is 39.1. The zero-order valence-electron chi connectivity index (χ0n) is 32.4. The molecule has 0 radical (unpaired) electrons. The Labute approximate surface area is 320 Å². The first-order valence-corrected chi connectivity index (χ1v) is 21.0. The Kier molecular flexibility index (Phi) is 35.5. The van der Waals surface area contributed by atoms with Crippen molar-refractivity contribution in [1.82, 2.24) is 0 Å². The van der Waals surface area contributed by atoms with E-state index in [4.69, 9.17) is 19.1 Å².